The quantitative estimate of drug-likeness (QED) is 0.158. The van der Waals surface area contributed by atoms with Gasteiger partial charge in [-0.25, -0.2) is 0 Å². The summed E-state index contributed by atoms with van der Waals surface area (Å²) in [5.41, 5.74) is 1.13. The molecule has 3 fully saturated rings. The van der Waals surface area contributed by atoms with Gasteiger partial charge in [0.2, 0.25) is 23.6 Å². The van der Waals surface area contributed by atoms with Crippen LogP contribution in [0.2, 0.25) is 0 Å². The summed E-state index contributed by atoms with van der Waals surface area (Å²) in [5.74, 6) is -6.96. The van der Waals surface area contributed by atoms with E-state index >= 15 is 0 Å². The molecule has 2 heterocycles. The molecule has 0 unspecified atom stereocenters. The van der Waals surface area contributed by atoms with Gasteiger partial charge in [0.25, 0.3) is 0 Å². The van der Waals surface area contributed by atoms with Gasteiger partial charge in [-0.3, -0.25) is 38.6 Å². The summed E-state index contributed by atoms with van der Waals surface area (Å²) in [4.78, 5) is 79.5. The SMILES string of the molecule is COc1cccc(O)c1[C@H]1C2=CC[C@@H]3C(=O)N(CCCCCC(=O)O)C(=O)[C@@H]3[C@@H]2C[C@H]2C(=O)N(CCCCCC(=O)O)C(=O)[C@@H]12. The van der Waals surface area contributed by atoms with E-state index < -0.39 is 47.4 Å². The van der Waals surface area contributed by atoms with E-state index in [1.54, 1.807) is 12.1 Å². The number of allylic oxidation sites excluding steroid dienone is 2. The van der Waals surface area contributed by atoms with Gasteiger partial charge in [0.15, 0.2) is 0 Å². The van der Waals surface area contributed by atoms with Gasteiger partial charge in [0.05, 0.1) is 30.8 Å². The Bertz CT molecular complexity index is 1420. The maximum absolute atomic E-state index is 14.0. The molecule has 1 aromatic rings. The Morgan fingerprint density at radius 2 is 1.36 bits per heavy atom. The largest absolute Gasteiger partial charge is 0.508 e. The van der Waals surface area contributed by atoms with Crippen LogP contribution in [0.15, 0.2) is 29.8 Å². The Labute approximate surface area is 261 Å². The van der Waals surface area contributed by atoms with E-state index in [4.69, 9.17) is 14.9 Å². The van der Waals surface area contributed by atoms with Crippen molar-refractivity contribution in [2.24, 2.45) is 29.6 Å². The highest BCUT2D eigenvalue weighted by molar-refractivity contribution is 6.08. The maximum Gasteiger partial charge on any atom is 0.303 e. The number of carboxylic acid groups (broad SMARTS) is 2. The van der Waals surface area contributed by atoms with Crippen LogP contribution in [0.3, 0.4) is 0 Å². The average Bonchev–Trinajstić information content (AvgIpc) is 3.39. The number of carboxylic acids is 2. The lowest BCUT2D eigenvalue weighted by molar-refractivity contribution is -0.142. The van der Waals surface area contributed by atoms with Gasteiger partial charge in [-0.15, -0.1) is 0 Å². The number of carbonyl (C=O) groups excluding carboxylic acids is 4. The molecule has 3 N–H and O–H groups in total. The molecule has 0 spiro atoms. The van der Waals surface area contributed by atoms with Crippen molar-refractivity contribution in [3.63, 3.8) is 0 Å². The van der Waals surface area contributed by atoms with Gasteiger partial charge < -0.3 is 20.1 Å². The lowest BCUT2D eigenvalue weighted by Gasteiger charge is -2.44. The van der Waals surface area contributed by atoms with Gasteiger partial charge >= 0.3 is 11.9 Å². The molecule has 6 atom stereocenters. The third-order valence-corrected chi connectivity index (χ3v) is 9.95. The second kappa shape index (κ2) is 13.4. The van der Waals surface area contributed by atoms with Crippen LogP contribution in [0.1, 0.15) is 75.7 Å². The molecular weight excluding hydrogens is 584 g/mol. The van der Waals surface area contributed by atoms with Gasteiger partial charge in [0.1, 0.15) is 11.5 Å². The highest BCUT2D eigenvalue weighted by Crippen LogP contribution is 2.60. The Hall–Kier alpha value is -4.22. The molecule has 12 heteroatoms. The molecule has 5 rings (SSSR count). The van der Waals surface area contributed by atoms with Crippen molar-refractivity contribution in [2.75, 3.05) is 20.2 Å². The number of hydrogen-bond acceptors (Lipinski definition) is 8. The van der Waals surface area contributed by atoms with Crippen molar-refractivity contribution >= 4 is 35.6 Å². The summed E-state index contributed by atoms with van der Waals surface area (Å²) < 4.78 is 5.62. The summed E-state index contributed by atoms with van der Waals surface area (Å²) in [6.45, 7) is 0.347. The van der Waals surface area contributed by atoms with Gasteiger partial charge in [-0.1, -0.05) is 30.6 Å². The van der Waals surface area contributed by atoms with E-state index in [1.807, 2.05) is 6.08 Å². The van der Waals surface area contributed by atoms with Crippen LogP contribution in [0.25, 0.3) is 0 Å². The lowest BCUT2D eigenvalue weighted by atomic mass is 9.57. The molecule has 0 radical (unpaired) electrons. The zero-order valence-electron chi connectivity index (χ0n) is 25.4. The van der Waals surface area contributed by atoms with E-state index in [0.29, 0.717) is 49.8 Å². The number of unbranched alkanes of at least 4 members (excludes halogenated alkanes) is 4. The number of rotatable bonds is 14. The summed E-state index contributed by atoms with van der Waals surface area (Å²) >= 11 is 0. The highest BCUT2D eigenvalue weighted by Gasteiger charge is 2.62. The minimum absolute atomic E-state index is 0.00673. The van der Waals surface area contributed by atoms with E-state index in [-0.39, 0.29) is 68.2 Å². The van der Waals surface area contributed by atoms with Gasteiger partial charge in [0, 0.05) is 37.4 Å². The van der Waals surface area contributed by atoms with Crippen molar-refractivity contribution in [3.05, 3.63) is 35.4 Å². The first-order valence-corrected chi connectivity index (χ1v) is 15.8. The molecule has 242 valence electrons. The molecule has 4 aliphatic rings. The number of imide groups is 2. The number of likely N-dealkylation sites (tertiary alicyclic amines) is 2. The number of ether oxygens (including phenoxy) is 1. The molecule has 45 heavy (non-hydrogen) atoms. The molecule has 12 nitrogen and oxygen atoms in total. The van der Waals surface area contributed by atoms with Crippen LogP contribution >= 0.6 is 0 Å². The normalized spacial score (nSPS) is 27.3. The fourth-order valence-electron chi connectivity index (χ4n) is 7.95. The number of benzene rings is 1. The Morgan fingerprint density at radius 1 is 0.778 bits per heavy atom. The first-order chi connectivity index (χ1) is 21.6. The van der Waals surface area contributed by atoms with Crippen molar-refractivity contribution < 1.29 is 48.8 Å². The number of phenols is 1. The van der Waals surface area contributed by atoms with Crippen LogP contribution < -0.4 is 4.74 Å². The third-order valence-electron chi connectivity index (χ3n) is 9.95. The smallest absolute Gasteiger partial charge is 0.303 e. The molecule has 2 saturated heterocycles. The predicted molar refractivity (Wildman–Crippen MR) is 158 cm³/mol. The lowest BCUT2D eigenvalue weighted by Crippen LogP contribution is -2.43. The molecule has 1 aromatic carbocycles. The minimum Gasteiger partial charge on any atom is -0.508 e. The second-order valence-electron chi connectivity index (χ2n) is 12.5. The number of amides is 4. The fourth-order valence-corrected chi connectivity index (χ4v) is 7.95. The number of fused-ring (bicyclic) bond motifs is 4. The number of aromatic hydroxyl groups is 1. The molecular formula is C33H40N2O10. The van der Waals surface area contributed by atoms with Crippen molar-refractivity contribution in [1.82, 2.24) is 9.80 Å². The van der Waals surface area contributed by atoms with E-state index in [9.17, 15) is 33.9 Å². The van der Waals surface area contributed by atoms with Gasteiger partial charge in [-0.05, 0) is 56.6 Å². The number of aliphatic carboxylic acids is 2. The zero-order valence-corrected chi connectivity index (χ0v) is 25.4. The molecule has 1 saturated carbocycles. The van der Waals surface area contributed by atoms with Crippen molar-refractivity contribution in [3.8, 4) is 11.5 Å². The molecule has 4 amide bonds. The molecule has 0 aromatic heterocycles. The highest BCUT2D eigenvalue weighted by atomic mass is 16.5. The Kier molecular flexibility index (Phi) is 9.59. The molecule has 2 aliphatic carbocycles. The number of nitrogens with zero attached hydrogens (tertiary/aromatic N) is 2. The fraction of sp³-hybridized carbons (Fsp3) is 0.576. The number of carbonyl (C=O) groups is 6. The Morgan fingerprint density at radius 3 is 1.93 bits per heavy atom. The predicted octanol–water partition coefficient (Wildman–Crippen LogP) is 3.33. The third kappa shape index (κ3) is 6.06. The van der Waals surface area contributed by atoms with Crippen LogP contribution in [0.5, 0.6) is 11.5 Å². The zero-order chi connectivity index (χ0) is 32.4. The monoisotopic (exact) mass is 624 g/mol. The standard InChI is InChI=1S/C33H40N2O10/c1-45-23-10-8-9-22(36)29(23)27-18-13-14-19-26(32(43)34(30(19)41)15-6-2-4-11-24(37)38)20(18)17-21-28(27)33(44)35(31(21)42)16-7-3-5-12-25(39)40/h8-10,13,19-21,26-28,36H,2-7,11-12,14-17H2,1H3,(H,37,38)(H,39,40)/t19-,20+,21+,26-,27-,28+/m0/s1. The average molecular weight is 625 g/mol. The minimum atomic E-state index is -0.903. The Balaban J connectivity index is 1.44. The van der Waals surface area contributed by atoms with Gasteiger partial charge in [-0.2, -0.15) is 0 Å². The topological polar surface area (TPSA) is 179 Å². The number of methoxy groups -OCH3 is 1. The number of hydrogen-bond donors (Lipinski definition) is 3. The molecule has 2 aliphatic heterocycles. The van der Waals surface area contributed by atoms with E-state index in [2.05, 4.69) is 0 Å². The van der Waals surface area contributed by atoms with E-state index in [0.717, 1.165) is 5.57 Å². The first kappa shape index (κ1) is 32.2. The summed E-state index contributed by atoms with van der Waals surface area (Å²) in [5, 5.41) is 28.9. The summed E-state index contributed by atoms with van der Waals surface area (Å²) in [6, 6.07) is 4.80. The van der Waals surface area contributed by atoms with Crippen molar-refractivity contribution in [1.29, 1.82) is 0 Å². The first-order valence-electron chi connectivity index (χ1n) is 15.8. The maximum atomic E-state index is 14.0. The van der Waals surface area contributed by atoms with Crippen molar-refractivity contribution in [2.45, 2.75) is 70.1 Å². The molecule has 0 bridgehead atoms. The number of phenolic OH excluding ortho intramolecular Hbond substituents is 1. The van der Waals surface area contributed by atoms with Crippen LogP contribution in [0, 0.1) is 29.6 Å². The van der Waals surface area contributed by atoms with Crippen LogP contribution in [-0.4, -0.2) is 80.9 Å². The van der Waals surface area contributed by atoms with Crippen LogP contribution in [-0.2, 0) is 28.8 Å². The van der Waals surface area contributed by atoms with Crippen LogP contribution in [0.4, 0.5) is 0 Å². The second-order valence-corrected chi connectivity index (χ2v) is 12.5. The summed E-state index contributed by atoms with van der Waals surface area (Å²) in [6.07, 6.45) is 5.38. The van der Waals surface area contributed by atoms with E-state index in [1.165, 1.54) is 23.0 Å². The summed E-state index contributed by atoms with van der Waals surface area (Å²) in [7, 11) is 1.46.